The smallest absolute Gasteiger partial charge is 0.303 e. The van der Waals surface area contributed by atoms with Crippen molar-refractivity contribution in [2.24, 2.45) is 0 Å². The summed E-state index contributed by atoms with van der Waals surface area (Å²) in [5.41, 5.74) is 0. The molecule has 0 bridgehead atoms. The zero-order chi connectivity index (χ0) is 18.8. The maximum absolute atomic E-state index is 10.5. The van der Waals surface area contributed by atoms with Gasteiger partial charge in [-0.05, 0) is 19.3 Å². The SMILES string of the molecule is O=P(O)(O)OCCCCCCCCCCCCCCCCCC(=S)S. The maximum Gasteiger partial charge on any atom is 0.469 e. The molecule has 0 aliphatic rings. The van der Waals surface area contributed by atoms with E-state index in [1.54, 1.807) is 0 Å². The van der Waals surface area contributed by atoms with Crippen LogP contribution in [-0.4, -0.2) is 20.6 Å². The van der Waals surface area contributed by atoms with E-state index < -0.39 is 7.82 Å². The third-order valence-corrected chi connectivity index (χ3v) is 5.24. The minimum absolute atomic E-state index is 0.160. The van der Waals surface area contributed by atoms with E-state index in [0.29, 0.717) is 0 Å². The Morgan fingerprint density at radius 1 is 0.720 bits per heavy atom. The molecule has 0 aromatic rings. The van der Waals surface area contributed by atoms with Crippen molar-refractivity contribution in [3.05, 3.63) is 0 Å². The standard InChI is InChI=1S/C18H37O4PS2/c19-23(20,21)22-17-15-13-11-9-7-5-3-1-2-4-6-8-10-12-14-16-18(24)25/h1-17H2,(H,24,25)(H2,19,20,21). The van der Waals surface area contributed by atoms with E-state index in [2.05, 4.69) is 17.2 Å². The van der Waals surface area contributed by atoms with E-state index in [1.165, 1.54) is 77.0 Å². The Morgan fingerprint density at radius 2 is 1.04 bits per heavy atom. The van der Waals surface area contributed by atoms with Gasteiger partial charge in [-0.15, -0.1) is 12.6 Å². The lowest BCUT2D eigenvalue weighted by Gasteiger charge is -2.05. The maximum atomic E-state index is 10.5. The van der Waals surface area contributed by atoms with Gasteiger partial charge in [0.25, 0.3) is 0 Å². The molecule has 0 rings (SSSR count). The van der Waals surface area contributed by atoms with E-state index in [-0.39, 0.29) is 6.61 Å². The van der Waals surface area contributed by atoms with Crippen molar-refractivity contribution in [1.82, 2.24) is 0 Å². The highest BCUT2D eigenvalue weighted by Gasteiger charge is 2.12. The zero-order valence-electron chi connectivity index (χ0n) is 15.5. The average molecular weight is 413 g/mol. The summed E-state index contributed by atoms with van der Waals surface area (Å²) in [6.07, 6.45) is 19.6. The molecule has 2 N–H and O–H groups in total. The molecule has 0 heterocycles. The molecule has 4 nitrogen and oxygen atoms in total. The van der Waals surface area contributed by atoms with E-state index in [1.807, 2.05) is 0 Å². The molecule has 7 heteroatoms. The zero-order valence-corrected chi connectivity index (χ0v) is 18.1. The fourth-order valence-electron chi connectivity index (χ4n) is 2.86. The number of phosphoric acid groups is 1. The van der Waals surface area contributed by atoms with E-state index in [4.69, 9.17) is 22.0 Å². The molecule has 0 unspecified atom stereocenters. The first-order valence-electron chi connectivity index (χ1n) is 9.84. The number of rotatable bonds is 19. The molecule has 0 aromatic carbocycles. The number of phosphoric ester groups is 1. The van der Waals surface area contributed by atoms with Crippen molar-refractivity contribution in [2.75, 3.05) is 6.61 Å². The van der Waals surface area contributed by atoms with Crippen molar-refractivity contribution in [1.29, 1.82) is 0 Å². The molecule has 0 radical (unpaired) electrons. The molecule has 0 aliphatic carbocycles. The molecular formula is C18H37O4PS2. The quantitative estimate of drug-likeness (QED) is 0.0966. The van der Waals surface area contributed by atoms with Crippen LogP contribution >= 0.6 is 32.7 Å². The summed E-state index contributed by atoms with van der Waals surface area (Å²) in [4.78, 5) is 17.1. The summed E-state index contributed by atoms with van der Waals surface area (Å²) >= 11 is 9.09. The van der Waals surface area contributed by atoms with Crippen LogP contribution in [0.15, 0.2) is 0 Å². The molecule has 0 atom stereocenters. The Labute approximate surface area is 165 Å². The Hall–Kier alpha value is 0.550. The Morgan fingerprint density at radius 3 is 1.36 bits per heavy atom. The average Bonchev–Trinajstić information content (AvgIpc) is 2.52. The van der Waals surface area contributed by atoms with Gasteiger partial charge in [0.15, 0.2) is 0 Å². The van der Waals surface area contributed by atoms with Crippen LogP contribution in [0.5, 0.6) is 0 Å². The third-order valence-electron chi connectivity index (χ3n) is 4.29. The van der Waals surface area contributed by atoms with Gasteiger partial charge in [0, 0.05) is 4.20 Å². The number of hydrogen-bond acceptors (Lipinski definition) is 3. The van der Waals surface area contributed by atoms with Gasteiger partial charge >= 0.3 is 7.82 Å². The molecule has 0 saturated carbocycles. The monoisotopic (exact) mass is 412 g/mol. The van der Waals surface area contributed by atoms with E-state index in [0.717, 1.165) is 29.9 Å². The molecule has 0 aliphatic heterocycles. The largest absolute Gasteiger partial charge is 0.469 e. The van der Waals surface area contributed by atoms with Crippen molar-refractivity contribution in [3.63, 3.8) is 0 Å². The highest BCUT2D eigenvalue weighted by molar-refractivity contribution is 8.11. The minimum atomic E-state index is -4.27. The number of hydrogen-bond donors (Lipinski definition) is 3. The van der Waals surface area contributed by atoms with Gasteiger partial charge in [-0.25, -0.2) is 4.57 Å². The molecule has 0 saturated heterocycles. The van der Waals surface area contributed by atoms with Gasteiger partial charge in [0.05, 0.1) is 6.61 Å². The molecular weight excluding hydrogens is 375 g/mol. The van der Waals surface area contributed by atoms with Crippen LogP contribution in [0.25, 0.3) is 0 Å². The van der Waals surface area contributed by atoms with Gasteiger partial charge in [-0.1, -0.05) is 95.7 Å². The summed E-state index contributed by atoms with van der Waals surface area (Å²) in [6.45, 7) is 0.160. The van der Waals surface area contributed by atoms with Gasteiger partial charge in [-0.3, -0.25) is 4.52 Å². The molecule has 25 heavy (non-hydrogen) atoms. The number of thiol groups is 1. The van der Waals surface area contributed by atoms with E-state index >= 15 is 0 Å². The number of thiocarbonyl (C=S) groups is 1. The van der Waals surface area contributed by atoms with Crippen molar-refractivity contribution in [3.8, 4) is 0 Å². The van der Waals surface area contributed by atoms with Crippen molar-refractivity contribution in [2.45, 2.75) is 103 Å². The van der Waals surface area contributed by atoms with Crippen LogP contribution in [0, 0.1) is 0 Å². The van der Waals surface area contributed by atoms with Crippen LogP contribution in [0.4, 0.5) is 0 Å². The normalized spacial score (nSPS) is 11.8. The van der Waals surface area contributed by atoms with Crippen molar-refractivity contribution < 1.29 is 18.9 Å². The second-order valence-electron chi connectivity index (χ2n) is 6.77. The van der Waals surface area contributed by atoms with E-state index in [9.17, 15) is 4.57 Å². The predicted octanol–water partition coefficient (Wildman–Crippen LogP) is 6.59. The molecule has 0 fully saturated rings. The third kappa shape index (κ3) is 24.6. The van der Waals surface area contributed by atoms with Gasteiger partial charge in [0.1, 0.15) is 0 Å². The number of unbranched alkanes of at least 4 members (excludes halogenated alkanes) is 14. The Balaban J connectivity index is 3.05. The van der Waals surface area contributed by atoms with Crippen LogP contribution in [0.2, 0.25) is 0 Å². The molecule has 0 aromatic heterocycles. The summed E-state index contributed by atoms with van der Waals surface area (Å²) < 4.78 is 15.7. The lowest BCUT2D eigenvalue weighted by Crippen LogP contribution is -1.92. The predicted molar refractivity (Wildman–Crippen MR) is 113 cm³/mol. The molecule has 0 spiro atoms. The van der Waals surface area contributed by atoms with Crippen molar-refractivity contribution >= 4 is 36.9 Å². The lowest BCUT2D eigenvalue weighted by molar-refractivity contribution is 0.193. The minimum Gasteiger partial charge on any atom is -0.303 e. The fraction of sp³-hybridized carbons (Fsp3) is 0.944. The van der Waals surface area contributed by atoms with Gasteiger partial charge in [0.2, 0.25) is 0 Å². The first kappa shape index (κ1) is 25.6. The highest BCUT2D eigenvalue weighted by atomic mass is 32.1. The van der Waals surface area contributed by atoms with Crippen LogP contribution in [0.3, 0.4) is 0 Å². The second kappa shape index (κ2) is 17.9. The van der Waals surface area contributed by atoms with Crippen LogP contribution in [0.1, 0.15) is 103 Å². The van der Waals surface area contributed by atoms with Gasteiger partial charge in [-0.2, -0.15) is 0 Å². The Kier molecular flexibility index (Phi) is 18.3. The molecule has 150 valence electrons. The fourth-order valence-corrected chi connectivity index (χ4v) is 3.53. The molecule has 0 amide bonds. The van der Waals surface area contributed by atoms with Crippen LogP contribution < -0.4 is 0 Å². The van der Waals surface area contributed by atoms with Crippen LogP contribution in [-0.2, 0) is 9.09 Å². The Bertz CT molecular complexity index is 361. The topological polar surface area (TPSA) is 66.8 Å². The highest BCUT2D eigenvalue weighted by Crippen LogP contribution is 2.35. The lowest BCUT2D eigenvalue weighted by atomic mass is 10.0. The first-order valence-corrected chi connectivity index (χ1v) is 12.2. The van der Waals surface area contributed by atoms with Gasteiger partial charge < -0.3 is 9.79 Å². The second-order valence-corrected chi connectivity index (χ2v) is 9.35. The summed E-state index contributed by atoms with van der Waals surface area (Å²) in [7, 11) is -4.27. The summed E-state index contributed by atoms with van der Waals surface area (Å²) in [5, 5.41) is 0. The summed E-state index contributed by atoms with van der Waals surface area (Å²) in [5.74, 6) is 0. The first-order chi connectivity index (χ1) is 11.9. The summed E-state index contributed by atoms with van der Waals surface area (Å²) in [6, 6.07) is 0.